The first kappa shape index (κ1) is 18.6. The highest BCUT2D eigenvalue weighted by molar-refractivity contribution is 5.99. The quantitative estimate of drug-likeness (QED) is 0.844. The summed E-state index contributed by atoms with van der Waals surface area (Å²) in [6.45, 7) is 0.421. The second-order valence-corrected chi connectivity index (χ2v) is 6.15. The number of nitrogens with one attached hydrogen (secondary N) is 1. The molecule has 0 spiro atoms. The van der Waals surface area contributed by atoms with Crippen LogP contribution in [0.1, 0.15) is 16.8 Å². The van der Waals surface area contributed by atoms with Crippen LogP contribution in [0.5, 0.6) is 17.2 Å². The van der Waals surface area contributed by atoms with E-state index in [1.54, 1.807) is 42.3 Å². The summed E-state index contributed by atoms with van der Waals surface area (Å²) in [4.78, 5) is 26.6. The summed E-state index contributed by atoms with van der Waals surface area (Å²) in [5.41, 5.74) is 1.23. The minimum atomic E-state index is -0.264. The molecule has 1 saturated heterocycles. The number of amides is 2. The van der Waals surface area contributed by atoms with Gasteiger partial charge in [-0.2, -0.15) is 0 Å². The second kappa shape index (κ2) is 7.99. The van der Waals surface area contributed by atoms with Crippen LogP contribution in [0.2, 0.25) is 0 Å². The van der Waals surface area contributed by atoms with E-state index >= 15 is 0 Å². The Bertz CT molecular complexity index is 835. The Morgan fingerprint density at radius 2 is 1.70 bits per heavy atom. The van der Waals surface area contributed by atoms with E-state index in [0.717, 1.165) is 11.4 Å². The van der Waals surface area contributed by atoms with Crippen LogP contribution >= 0.6 is 0 Å². The maximum atomic E-state index is 12.5. The van der Waals surface area contributed by atoms with Gasteiger partial charge in [0.1, 0.15) is 5.75 Å². The summed E-state index contributed by atoms with van der Waals surface area (Å²) in [6, 6.07) is 12.0. The molecule has 0 aliphatic carbocycles. The molecule has 1 heterocycles. The Morgan fingerprint density at radius 1 is 1.00 bits per heavy atom. The zero-order valence-corrected chi connectivity index (χ0v) is 15.5. The maximum Gasteiger partial charge on any atom is 0.251 e. The van der Waals surface area contributed by atoms with Gasteiger partial charge in [-0.25, -0.2) is 0 Å². The summed E-state index contributed by atoms with van der Waals surface area (Å²) in [5, 5.41) is 2.91. The van der Waals surface area contributed by atoms with Crippen molar-refractivity contribution in [2.75, 3.05) is 32.8 Å². The van der Waals surface area contributed by atoms with Crippen molar-refractivity contribution in [2.45, 2.75) is 12.5 Å². The first-order valence-corrected chi connectivity index (χ1v) is 8.53. The van der Waals surface area contributed by atoms with Crippen molar-refractivity contribution in [1.82, 2.24) is 5.32 Å². The molecule has 0 bridgehead atoms. The summed E-state index contributed by atoms with van der Waals surface area (Å²) in [7, 11) is 4.65. The number of nitrogens with zero attached hydrogens (tertiary/aromatic N) is 1. The lowest BCUT2D eigenvalue weighted by molar-refractivity contribution is -0.117. The van der Waals surface area contributed by atoms with Gasteiger partial charge in [-0.05, 0) is 42.5 Å². The lowest BCUT2D eigenvalue weighted by Crippen LogP contribution is -2.37. The average Bonchev–Trinajstić information content (AvgIpc) is 3.07. The molecule has 27 heavy (non-hydrogen) atoms. The number of rotatable bonds is 6. The molecule has 1 aliphatic heterocycles. The molecule has 0 saturated carbocycles. The number of methoxy groups -OCH3 is 3. The van der Waals surface area contributed by atoms with Crippen LogP contribution in [0.15, 0.2) is 42.5 Å². The van der Waals surface area contributed by atoms with Gasteiger partial charge in [-0.15, -0.1) is 0 Å². The third-order valence-electron chi connectivity index (χ3n) is 4.49. The third-order valence-corrected chi connectivity index (χ3v) is 4.49. The average molecular weight is 370 g/mol. The largest absolute Gasteiger partial charge is 0.497 e. The molecule has 1 aliphatic rings. The van der Waals surface area contributed by atoms with Gasteiger partial charge < -0.3 is 24.4 Å². The number of anilines is 1. The van der Waals surface area contributed by atoms with Gasteiger partial charge in [0.15, 0.2) is 11.5 Å². The molecule has 0 aromatic heterocycles. The lowest BCUT2D eigenvalue weighted by Gasteiger charge is -2.18. The highest BCUT2D eigenvalue weighted by Crippen LogP contribution is 2.28. The highest BCUT2D eigenvalue weighted by Gasteiger charge is 2.31. The van der Waals surface area contributed by atoms with Crippen LogP contribution in [0.4, 0.5) is 5.69 Å². The van der Waals surface area contributed by atoms with Crippen molar-refractivity contribution in [2.24, 2.45) is 0 Å². The Labute approximate surface area is 157 Å². The fraction of sp³-hybridized carbons (Fsp3) is 0.300. The molecule has 2 amide bonds. The summed E-state index contributed by atoms with van der Waals surface area (Å²) in [5.74, 6) is 1.47. The van der Waals surface area contributed by atoms with E-state index < -0.39 is 0 Å². The van der Waals surface area contributed by atoms with Crippen LogP contribution in [0.3, 0.4) is 0 Å². The number of hydrogen-bond acceptors (Lipinski definition) is 5. The molecule has 7 heteroatoms. The van der Waals surface area contributed by atoms with Crippen molar-refractivity contribution in [1.29, 1.82) is 0 Å². The fourth-order valence-electron chi connectivity index (χ4n) is 3.06. The standard InChI is InChI=1S/C20H22N2O5/c1-25-16-7-5-15(6-8-16)22-12-14(11-19(22)23)21-20(24)13-4-9-17(26-2)18(10-13)27-3/h4-10,14H,11-12H2,1-3H3,(H,21,24). The number of carbonyl (C=O) groups excluding carboxylic acids is 2. The molecule has 2 aromatic carbocycles. The van der Waals surface area contributed by atoms with Crippen molar-refractivity contribution in [3.8, 4) is 17.2 Å². The van der Waals surface area contributed by atoms with Crippen LogP contribution < -0.4 is 24.4 Å². The predicted molar refractivity (Wildman–Crippen MR) is 101 cm³/mol. The first-order chi connectivity index (χ1) is 13.0. The van der Waals surface area contributed by atoms with Gasteiger partial charge in [0.05, 0.1) is 27.4 Å². The highest BCUT2D eigenvalue weighted by atomic mass is 16.5. The molecule has 1 fully saturated rings. The van der Waals surface area contributed by atoms with E-state index in [4.69, 9.17) is 14.2 Å². The molecule has 1 unspecified atom stereocenters. The minimum absolute atomic E-state index is 0.0298. The topological polar surface area (TPSA) is 77.1 Å². The Kier molecular flexibility index (Phi) is 5.49. The number of benzene rings is 2. The predicted octanol–water partition coefficient (Wildman–Crippen LogP) is 2.25. The molecule has 2 aromatic rings. The van der Waals surface area contributed by atoms with Crippen molar-refractivity contribution >= 4 is 17.5 Å². The molecular weight excluding hydrogens is 348 g/mol. The van der Waals surface area contributed by atoms with Crippen LogP contribution in [0.25, 0.3) is 0 Å². The van der Waals surface area contributed by atoms with Gasteiger partial charge in [0, 0.05) is 24.2 Å². The van der Waals surface area contributed by atoms with E-state index in [-0.39, 0.29) is 24.3 Å². The zero-order chi connectivity index (χ0) is 19.4. The maximum absolute atomic E-state index is 12.5. The fourth-order valence-corrected chi connectivity index (χ4v) is 3.06. The summed E-state index contributed by atoms with van der Waals surface area (Å²) >= 11 is 0. The molecule has 142 valence electrons. The van der Waals surface area contributed by atoms with Gasteiger partial charge in [-0.3, -0.25) is 9.59 Å². The molecular formula is C20H22N2O5. The van der Waals surface area contributed by atoms with Gasteiger partial charge in [0.25, 0.3) is 5.91 Å². The SMILES string of the molecule is COc1ccc(N2CC(NC(=O)c3ccc(OC)c(OC)c3)CC2=O)cc1. The number of hydrogen-bond donors (Lipinski definition) is 1. The number of carbonyl (C=O) groups is 2. The van der Waals surface area contributed by atoms with Crippen LogP contribution in [-0.2, 0) is 4.79 Å². The number of ether oxygens (including phenoxy) is 3. The monoisotopic (exact) mass is 370 g/mol. The van der Waals surface area contributed by atoms with Gasteiger partial charge >= 0.3 is 0 Å². The molecule has 7 nitrogen and oxygen atoms in total. The zero-order valence-electron chi connectivity index (χ0n) is 15.5. The van der Waals surface area contributed by atoms with E-state index in [9.17, 15) is 9.59 Å². The molecule has 3 rings (SSSR count). The Hall–Kier alpha value is -3.22. The van der Waals surface area contributed by atoms with Crippen LogP contribution in [-0.4, -0.2) is 45.7 Å². The molecule has 0 radical (unpaired) electrons. The second-order valence-electron chi connectivity index (χ2n) is 6.15. The molecule has 1 N–H and O–H groups in total. The van der Waals surface area contributed by atoms with Crippen molar-refractivity contribution < 1.29 is 23.8 Å². The Morgan fingerprint density at radius 3 is 2.33 bits per heavy atom. The van der Waals surface area contributed by atoms with E-state index in [2.05, 4.69) is 5.32 Å². The van der Waals surface area contributed by atoms with Gasteiger partial charge in [-0.1, -0.05) is 0 Å². The normalized spacial score (nSPS) is 16.2. The van der Waals surface area contributed by atoms with Crippen molar-refractivity contribution in [3.63, 3.8) is 0 Å². The van der Waals surface area contributed by atoms with Crippen molar-refractivity contribution in [3.05, 3.63) is 48.0 Å². The first-order valence-electron chi connectivity index (χ1n) is 8.53. The van der Waals surface area contributed by atoms with Gasteiger partial charge in [0.2, 0.25) is 5.91 Å². The summed E-state index contributed by atoms with van der Waals surface area (Å²) < 4.78 is 15.5. The van der Waals surface area contributed by atoms with E-state index in [0.29, 0.717) is 23.6 Å². The Balaban J connectivity index is 1.67. The molecule has 1 atom stereocenters. The smallest absolute Gasteiger partial charge is 0.251 e. The van der Waals surface area contributed by atoms with E-state index in [1.807, 2.05) is 12.1 Å². The summed E-state index contributed by atoms with van der Waals surface area (Å²) in [6.07, 6.45) is 0.255. The lowest BCUT2D eigenvalue weighted by atomic mass is 10.1. The third kappa shape index (κ3) is 3.97. The minimum Gasteiger partial charge on any atom is -0.497 e. The van der Waals surface area contributed by atoms with E-state index in [1.165, 1.54) is 14.2 Å². The van der Waals surface area contributed by atoms with Crippen LogP contribution in [0, 0.1) is 0 Å².